The lowest BCUT2D eigenvalue weighted by Crippen LogP contribution is -2.16. The summed E-state index contributed by atoms with van der Waals surface area (Å²) in [5.41, 5.74) is 1.37. The van der Waals surface area contributed by atoms with Crippen LogP contribution < -0.4 is 4.74 Å². The number of aromatic nitrogens is 1. The van der Waals surface area contributed by atoms with Gasteiger partial charge in [-0.3, -0.25) is 0 Å². The van der Waals surface area contributed by atoms with E-state index in [-0.39, 0.29) is 11.4 Å². The van der Waals surface area contributed by atoms with Crippen molar-refractivity contribution in [2.45, 2.75) is 6.36 Å². The first kappa shape index (κ1) is 12.9. The average molecular weight is 264 g/mol. The van der Waals surface area contributed by atoms with E-state index in [4.69, 9.17) is 5.26 Å². The number of rotatable bonds is 2. The number of pyridine rings is 1. The maximum Gasteiger partial charge on any atom is 0.573 e. The minimum atomic E-state index is -4.71. The highest BCUT2D eigenvalue weighted by atomic mass is 19.4. The van der Waals surface area contributed by atoms with Gasteiger partial charge >= 0.3 is 6.36 Å². The molecular formula is C13H7F3N2O. The smallest absolute Gasteiger partial charge is 0.406 e. The van der Waals surface area contributed by atoms with Gasteiger partial charge < -0.3 is 4.74 Å². The van der Waals surface area contributed by atoms with E-state index in [2.05, 4.69) is 9.72 Å². The van der Waals surface area contributed by atoms with Crippen LogP contribution in [0.5, 0.6) is 5.75 Å². The Labute approximate surface area is 106 Å². The maximum absolute atomic E-state index is 12.0. The lowest BCUT2D eigenvalue weighted by Gasteiger charge is -2.09. The van der Waals surface area contributed by atoms with Gasteiger partial charge in [0.1, 0.15) is 17.5 Å². The third kappa shape index (κ3) is 3.22. The second kappa shape index (κ2) is 4.98. The Morgan fingerprint density at radius 3 is 2.37 bits per heavy atom. The molecule has 2 aromatic rings. The molecule has 0 saturated heterocycles. The van der Waals surface area contributed by atoms with E-state index in [1.807, 2.05) is 6.07 Å². The molecule has 0 atom stereocenters. The predicted octanol–water partition coefficient (Wildman–Crippen LogP) is 3.52. The molecule has 0 aliphatic heterocycles. The largest absolute Gasteiger partial charge is 0.573 e. The second-order valence-corrected chi connectivity index (χ2v) is 3.58. The van der Waals surface area contributed by atoms with Crippen LogP contribution in [-0.4, -0.2) is 11.3 Å². The van der Waals surface area contributed by atoms with Crippen LogP contribution in [0.3, 0.4) is 0 Å². The van der Waals surface area contributed by atoms with Crippen molar-refractivity contribution in [3.63, 3.8) is 0 Å². The summed E-state index contributed by atoms with van der Waals surface area (Å²) in [6.45, 7) is 0. The topological polar surface area (TPSA) is 45.9 Å². The van der Waals surface area contributed by atoms with Crippen LogP contribution in [0.4, 0.5) is 13.2 Å². The quantitative estimate of drug-likeness (QED) is 0.833. The van der Waals surface area contributed by atoms with E-state index in [0.717, 1.165) is 0 Å². The number of hydrogen-bond acceptors (Lipinski definition) is 3. The highest BCUT2D eigenvalue weighted by Crippen LogP contribution is 2.27. The average Bonchev–Trinajstić information content (AvgIpc) is 2.38. The molecule has 0 amide bonds. The van der Waals surface area contributed by atoms with E-state index < -0.39 is 6.36 Å². The van der Waals surface area contributed by atoms with Gasteiger partial charge in [0.05, 0.1) is 0 Å². The van der Waals surface area contributed by atoms with Crippen LogP contribution in [0.1, 0.15) is 5.69 Å². The molecule has 0 unspecified atom stereocenters. The molecule has 19 heavy (non-hydrogen) atoms. The van der Waals surface area contributed by atoms with Gasteiger partial charge in [0, 0.05) is 11.8 Å². The number of halogens is 3. The van der Waals surface area contributed by atoms with Gasteiger partial charge in [0.2, 0.25) is 0 Å². The first-order valence-corrected chi connectivity index (χ1v) is 5.21. The molecule has 0 aliphatic carbocycles. The van der Waals surface area contributed by atoms with Crippen LogP contribution >= 0.6 is 0 Å². The normalized spacial score (nSPS) is 10.8. The lowest BCUT2D eigenvalue weighted by molar-refractivity contribution is -0.274. The number of nitrogens with zero attached hydrogens (tertiary/aromatic N) is 2. The van der Waals surface area contributed by atoms with Crippen molar-refractivity contribution in [2.24, 2.45) is 0 Å². The summed E-state index contributed by atoms with van der Waals surface area (Å²) in [5.74, 6) is -0.307. The van der Waals surface area contributed by atoms with Crippen molar-refractivity contribution in [3.8, 4) is 22.9 Å². The number of ether oxygens (including phenoxy) is 1. The van der Waals surface area contributed by atoms with Gasteiger partial charge in [-0.05, 0) is 29.8 Å². The fourth-order valence-corrected chi connectivity index (χ4v) is 1.56. The second-order valence-electron chi connectivity index (χ2n) is 3.58. The molecule has 1 heterocycles. The van der Waals surface area contributed by atoms with Crippen molar-refractivity contribution < 1.29 is 17.9 Å². The Hall–Kier alpha value is -2.55. The van der Waals surface area contributed by atoms with Crippen LogP contribution in [0, 0.1) is 11.3 Å². The minimum Gasteiger partial charge on any atom is -0.406 e. The number of benzene rings is 1. The Balaban J connectivity index is 2.31. The summed E-state index contributed by atoms with van der Waals surface area (Å²) < 4.78 is 39.8. The van der Waals surface area contributed by atoms with Gasteiger partial charge in [-0.25, -0.2) is 4.98 Å². The fraction of sp³-hybridized carbons (Fsp3) is 0.0769. The molecule has 2 rings (SSSR count). The number of alkyl halides is 3. The number of nitriles is 1. The maximum atomic E-state index is 12.0. The molecule has 0 spiro atoms. The fourth-order valence-electron chi connectivity index (χ4n) is 1.56. The molecule has 6 heteroatoms. The van der Waals surface area contributed by atoms with Crippen molar-refractivity contribution in [1.82, 2.24) is 4.98 Å². The molecule has 1 aromatic heterocycles. The predicted molar refractivity (Wildman–Crippen MR) is 61.1 cm³/mol. The molecule has 96 valence electrons. The Morgan fingerprint density at radius 2 is 1.79 bits per heavy atom. The first-order valence-electron chi connectivity index (χ1n) is 5.21. The zero-order chi connectivity index (χ0) is 13.9. The summed E-state index contributed by atoms with van der Waals surface area (Å²) in [5, 5.41) is 8.90. The Bertz CT molecular complexity index is 615. The Kier molecular flexibility index (Phi) is 3.38. The van der Waals surface area contributed by atoms with Gasteiger partial charge in [0.15, 0.2) is 0 Å². The molecule has 0 aliphatic rings. The molecule has 0 fully saturated rings. The molecular weight excluding hydrogens is 257 g/mol. The summed E-state index contributed by atoms with van der Waals surface area (Å²) in [6.07, 6.45) is -3.24. The first-order chi connectivity index (χ1) is 8.99. The zero-order valence-corrected chi connectivity index (χ0v) is 9.48. The monoisotopic (exact) mass is 264 g/mol. The Morgan fingerprint density at radius 1 is 1.11 bits per heavy atom. The van der Waals surface area contributed by atoms with Crippen molar-refractivity contribution in [2.75, 3.05) is 0 Å². The molecule has 3 nitrogen and oxygen atoms in total. The van der Waals surface area contributed by atoms with Crippen LogP contribution in [0.15, 0.2) is 42.6 Å². The van der Waals surface area contributed by atoms with Gasteiger partial charge in [-0.1, -0.05) is 12.1 Å². The van der Waals surface area contributed by atoms with E-state index >= 15 is 0 Å². The van der Waals surface area contributed by atoms with Crippen molar-refractivity contribution in [3.05, 3.63) is 48.3 Å². The summed E-state index contributed by atoms with van der Waals surface area (Å²) >= 11 is 0. The molecule has 0 bridgehead atoms. The molecule has 0 N–H and O–H groups in total. The minimum absolute atomic E-state index is 0.215. The summed E-state index contributed by atoms with van der Waals surface area (Å²) in [6, 6.07) is 10.5. The highest BCUT2D eigenvalue weighted by molar-refractivity contribution is 5.68. The van der Waals surface area contributed by atoms with Crippen LogP contribution in [0.2, 0.25) is 0 Å². The highest BCUT2D eigenvalue weighted by Gasteiger charge is 2.30. The van der Waals surface area contributed by atoms with Gasteiger partial charge in [-0.15, -0.1) is 13.2 Å². The van der Waals surface area contributed by atoms with Gasteiger partial charge in [-0.2, -0.15) is 5.26 Å². The van der Waals surface area contributed by atoms with E-state index in [1.165, 1.54) is 30.5 Å². The standard InChI is InChI=1S/C13H7F3N2O/c14-13(15,16)19-10-5-3-9(4-6-10)11-2-1-7-18-12(11)8-17/h1-7H. The third-order valence-corrected chi connectivity index (χ3v) is 2.31. The summed E-state index contributed by atoms with van der Waals surface area (Å²) in [4.78, 5) is 3.88. The zero-order valence-electron chi connectivity index (χ0n) is 9.48. The lowest BCUT2D eigenvalue weighted by atomic mass is 10.0. The van der Waals surface area contributed by atoms with E-state index in [0.29, 0.717) is 11.1 Å². The van der Waals surface area contributed by atoms with Crippen molar-refractivity contribution in [1.29, 1.82) is 5.26 Å². The summed E-state index contributed by atoms with van der Waals surface area (Å²) in [7, 11) is 0. The molecule has 0 saturated carbocycles. The van der Waals surface area contributed by atoms with Gasteiger partial charge in [0.25, 0.3) is 0 Å². The SMILES string of the molecule is N#Cc1ncccc1-c1ccc(OC(F)(F)F)cc1. The third-order valence-electron chi connectivity index (χ3n) is 2.31. The van der Waals surface area contributed by atoms with E-state index in [1.54, 1.807) is 12.1 Å². The molecule has 0 radical (unpaired) electrons. The van der Waals surface area contributed by atoms with Crippen LogP contribution in [0.25, 0.3) is 11.1 Å². The van der Waals surface area contributed by atoms with Crippen molar-refractivity contribution >= 4 is 0 Å². The number of hydrogen-bond donors (Lipinski definition) is 0. The van der Waals surface area contributed by atoms with Crippen LogP contribution in [-0.2, 0) is 0 Å². The molecule has 1 aromatic carbocycles. The van der Waals surface area contributed by atoms with E-state index in [9.17, 15) is 13.2 Å².